The molecule has 0 bridgehead atoms. The van der Waals surface area contributed by atoms with Gasteiger partial charge < -0.3 is 10.2 Å². The molecule has 0 aromatic heterocycles. The summed E-state index contributed by atoms with van der Waals surface area (Å²) >= 11 is 0. The monoisotopic (exact) mass is 240 g/mol. The zero-order valence-corrected chi connectivity index (χ0v) is 11.8. The summed E-state index contributed by atoms with van der Waals surface area (Å²) in [7, 11) is 0. The van der Waals surface area contributed by atoms with Crippen LogP contribution in [0.5, 0.6) is 0 Å². The highest BCUT2D eigenvalue weighted by molar-refractivity contribution is 5.82. The van der Waals surface area contributed by atoms with Crippen LogP contribution in [0.15, 0.2) is 0 Å². The summed E-state index contributed by atoms with van der Waals surface area (Å²) in [6, 6.07) is 0.449. The van der Waals surface area contributed by atoms with Gasteiger partial charge in [0.1, 0.15) is 0 Å². The second-order valence-corrected chi connectivity index (χ2v) is 5.10. The lowest BCUT2D eigenvalue weighted by molar-refractivity contribution is -0.139. The first-order chi connectivity index (χ1) is 8.15. The van der Waals surface area contributed by atoms with Crippen molar-refractivity contribution in [2.75, 3.05) is 13.1 Å². The summed E-state index contributed by atoms with van der Waals surface area (Å²) in [5.74, 6) is 0.955. The highest BCUT2D eigenvalue weighted by atomic mass is 16.2. The van der Waals surface area contributed by atoms with Crippen LogP contribution in [0.25, 0.3) is 0 Å². The average Bonchev–Trinajstić information content (AvgIpc) is 2.33. The first-order valence-electron chi connectivity index (χ1n) is 7.19. The Bertz CT molecular complexity index is 236. The number of carbonyl (C=O) groups excluding carboxylic acids is 1. The van der Waals surface area contributed by atoms with Gasteiger partial charge in [-0.3, -0.25) is 4.79 Å². The Morgan fingerprint density at radius 1 is 1.35 bits per heavy atom. The van der Waals surface area contributed by atoms with Crippen LogP contribution in [-0.2, 0) is 4.79 Å². The predicted molar refractivity (Wildman–Crippen MR) is 71.9 cm³/mol. The van der Waals surface area contributed by atoms with E-state index in [9.17, 15) is 4.79 Å². The molecule has 0 aromatic carbocycles. The van der Waals surface area contributed by atoms with Gasteiger partial charge >= 0.3 is 0 Å². The average molecular weight is 240 g/mol. The zero-order chi connectivity index (χ0) is 12.8. The molecule has 1 aliphatic heterocycles. The minimum Gasteiger partial charge on any atom is -0.338 e. The maximum Gasteiger partial charge on any atom is 0.239 e. The van der Waals surface area contributed by atoms with Crippen molar-refractivity contribution >= 4 is 5.91 Å². The van der Waals surface area contributed by atoms with Crippen molar-refractivity contribution in [2.24, 2.45) is 5.92 Å². The lowest BCUT2D eigenvalue weighted by Crippen LogP contribution is -2.55. The standard InChI is InChI=1S/C14H28N2O/c1-5-12(6-2)11(4)16-10-8-9-13(14(16)17)15-7-3/h11-13,15H,5-10H2,1-4H3. The van der Waals surface area contributed by atoms with Gasteiger partial charge in [-0.05, 0) is 32.2 Å². The molecule has 2 unspecified atom stereocenters. The molecule has 3 heteroatoms. The molecule has 100 valence electrons. The molecule has 17 heavy (non-hydrogen) atoms. The van der Waals surface area contributed by atoms with Gasteiger partial charge in [0.05, 0.1) is 6.04 Å². The smallest absolute Gasteiger partial charge is 0.239 e. The van der Waals surface area contributed by atoms with Gasteiger partial charge in [-0.2, -0.15) is 0 Å². The van der Waals surface area contributed by atoms with Gasteiger partial charge in [-0.1, -0.05) is 33.6 Å². The zero-order valence-electron chi connectivity index (χ0n) is 11.8. The number of hydrogen-bond acceptors (Lipinski definition) is 2. The number of likely N-dealkylation sites (N-methyl/N-ethyl adjacent to an activating group) is 1. The van der Waals surface area contributed by atoms with Crippen molar-refractivity contribution in [1.29, 1.82) is 0 Å². The van der Waals surface area contributed by atoms with Crippen molar-refractivity contribution < 1.29 is 4.79 Å². The van der Waals surface area contributed by atoms with Gasteiger partial charge in [0.2, 0.25) is 5.91 Å². The van der Waals surface area contributed by atoms with E-state index in [1.165, 1.54) is 0 Å². The van der Waals surface area contributed by atoms with Crippen LogP contribution in [0.2, 0.25) is 0 Å². The maximum atomic E-state index is 12.4. The molecule has 3 nitrogen and oxygen atoms in total. The number of amides is 1. The molecule has 0 spiro atoms. The number of piperidine rings is 1. The first-order valence-corrected chi connectivity index (χ1v) is 7.19. The Hall–Kier alpha value is -0.570. The van der Waals surface area contributed by atoms with Crippen LogP contribution >= 0.6 is 0 Å². The minimum atomic E-state index is 0.0607. The van der Waals surface area contributed by atoms with Gasteiger partial charge in [0, 0.05) is 12.6 Å². The van der Waals surface area contributed by atoms with Crippen LogP contribution in [0, 0.1) is 5.92 Å². The number of nitrogens with one attached hydrogen (secondary N) is 1. The van der Waals surface area contributed by atoms with E-state index >= 15 is 0 Å². The third-order valence-electron chi connectivity index (χ3n) is 4.15. The maximum absolute atomic E-state index is 12.4. The van der Waals surface area contributed by atoms with E-state index in [0.717, 1.165) is 38.8 Å². The summed E-state index contributed by atoms with van der Waals surface area (Å²) in [5.41, 5.74) is 0. The summed E-state index contributed by atoms with van der Waals surface area (Å²) in [6.07, 6.45) is 4.45. The fourth-order valence-corrected chi connectivity index (χ4v) is 2.97. The van der Waals surface area contributed by atoms with E-state index < -0.39 is 0 Å². The Morgan fingerprint density at radius 3 is 2.53 bits per heavy atom. The summed E-state index contributed by atoms with van der Waals surface area (Å²) in [5, 5.41) is 3.30. The van der Waals surface area contributed by atoms with Crippen molar-refractivity contribution in [3.63, 3.8) is 0 Å². The molecule has 1 saturated heterocycles. The molecule has 1 amide bonds. The van der Waals surface area contributed by atoms with Crippen LogP contribution in [0.4, 0.5) is 0 Å². The fraction of sp³-hybridized carbons (Fsp3) is 0.929. The van der Waals surface area contributed by atoms with Crippen LogP contribution in [0.3, 0.4) is 0 Å². The highest BCUT2D eigenvalue weighted by Gasteiger charge is 2.32. The second-order valence-electron chi connectivity index (χ2n) is 5.10. The van der Waals surface area contributed by atoms with E-state index in [1.807, 2.05) is 0 Å². The molecule has 1 rings (SSSR count). The number of likely N-dealkylation sites (tertiary alicyclic amines) is 1. The van der Waals surface area contributed by atoms with Gasteiger partial charge in [0.15, 0.2) is 0 Å². The SMILES string of the molecule is CCNC1CCCN(C(C)C(CC)CC)C1=O. The summed E-state index contributed by atoms with van der Waals surface area (Å²) < 4.78 is 0. The van der Waals surface area contributed by atoms with Crippen molar-refractivity contribution in [1.82, 2.24) is 10.2 Å². The Morgan fingerprint density at radius 2 is 2.00 bits per heavy atom. The van der Waals surface area contributed by atoms with Gasteiger partial charge in [-0.15, -0.1) is 0 Å². The lowest BCUT2D eigenvalue weighted by Gasteiger charge is -2.39. The molecule has 1 N–H and O–H groups in total. The summed E-state index contributed by atoms with van der Waals surface area (Å²) in [4.78, 5) is 14.5. The van der Waals surface area contributed by atoms with Crippen LogP contribution in [0.1, 0.15) is 53.4 Å². The van der Waals surface area contributed by atoms with E-state index in [1.54, 1.807) is 0 Å². The lowest BCUT2D eigenvalue weighted by atomic mass is 9.91. The second kappa shape index (κ2) is 7.00. The number of carbonyl (C=O) groups is 1. The number of hydrogen-bond donors (Lipinski definition) is 1. The minimum absolute atomic E-state index is 0.0607. The van der Waals surface area contributed by atoms with Crippen molar-refractivity contribution in [3.8, 4) is 0 Å². The van der Waals surface area contributed by atoms with Gasteiger partial charge in [0.25, 0.3) is 0 Å². The van der Waals surface area contributed by atoms with E-state index in [0.29, 0.717) is 17.9 Å². The third-order valence-corrected chi connectivity index (χ3v) is 4.15. The van der Waals surface area contributed by atoms with E-state index in [2.05, 4.69) is 37.9 Å². The van der Waals surface area contributed by atoms with Crippen LogP contribution in [-0.4, -0.2) is 36.0 Å². The molecule has 0 aliphatic carbocycles. The quantitative estimate of drug-likeness (QED) is 0.773. The predicted octanol–water partition coefficient (Wildman–Crippen LogP) is 2.41. The Balaban J connectivity index is 2.65. The third kappa shape index (κ3) is 3.44. The van der Waals surface area contributed by atoms with E-state index in [-0.39, 0.29) is 6.04 Å². The Kier molecular flexibility index (Phi) is 5.96. The van der Waals surface area contributed by atoms with Crippen molar-refractivity contribution in [3.05, 3.63) is 0 Å². The molecule has 1 aliphatic rings. The normalized spacial score (nSPS) is 23.2. The molecular formula is C14H28N2O. The molecule has 1 heterocycles. The Labute approximate surface area is 106 Å². The van der Waals surface area contributed by atoms with Crippen molar-refractivity contribution in [2.45, 2.75) is 65.5 Å². The van der Waals surface area contributed by atoms with Crippen LogP contribution < -0.4 is 5.32 Å². The molecule has 0 aromatic rings. The molecular weight excluding hydrogens is 212 g/mol. The number of nitrogens with zero attached hydrogens (tertiary/aromatic N) is 1. The van der Waals surface area contributed by atoms with Gasteiger partial charge in [-0.25, -0.2) is 0 Å². The molecule has 1 fully saturated rings. The molecule has 2 atom stereocenters. The largest absolute Gasteiger partial charge is 0.338 e. The highest BCUT2D eigenvalue weighted by Crippen LogP contribution is 2.23. The molecule has 0 saturated carbocycles. The fourth-order valence-electron chi connectivity index (χ4n) is 2.97. The van der Waals surface area contributed by atoms with E-state index in [4.69, 9.17) is 0 Å². The summed E-state index contributed by atoms with van der Waals surface area (Å²) in [6.45, 7) is 10.5. The molecule has 0 radical (unpaired) electrons. The first kappa shape index (κ1) is 14.5. The number of rotatable bonds is 6. The topological polar surface area (TPSA) is 32.3 Å².